The predicted molar refractivity (Wildman–Crippen MR) is 60.3 cm³/mol. The number of aryl methyl sites for hydroxylation is 1. The Hall–Kier alpha value is -0.890. The molecule has 1 aromatic rings. The Kier molecular flexibility index (Phi) is 5.23. The maximum absolute atomic E-state index is 4.11. The van der Waals surface area contributed by atoms with Gasteiger partial charge in [0.1, 0.15) is 0 Å². The second-order valence-corrected chi connectivity index (χ2v) is 3.77. The quantitative estimate of drug-likeness (QED) is 0.688. The first-order valence-electron chi connectivity index (χ1n) is 5.40. The van der Waals surface area contributed by atoms with Gasteiger partial charge in [-0.05, 0) is 51.0 Å². The molecule has 0 aliphatic carbocycles. The second-order valence-electron chi connectivity index (χ2n) is 3.77. The molecule has 0 saturated carbocycles. The van der Waals surface area contributed by atoms with Crippen molar-refractivity contribution in [1.29, 1.82) is 0 Å². The molecular weight excluding hydrogens is 172 g/mol. The molecule has 2 nitrogen and oxygen atoms in total. The van der Waals surface area contributed by atoms with Gasteiger partial charge < -0.3 is 4.90 Å². The van der Waals surface area contributed by atoms with Gasteiger partial charge in [0.25, 0.3) is 0 Å². The summed E-state index contributed by atoms with van der Waals surface area (Å²) in [6.45, 7) is 4.60. The van der Waals surface area contributed by atoms with Gasteiger partial charge in [-0.25, -0.2) is 0 Å². The number of nitrogens with zero attached hydrogens (tertiary/aromatic N) is 2. The summed E-state index contributed by atoms with van der Waals surface area (Å²) in [7, 11) is 2.19. The minimum absolute atomic E-state index is 1.14. The van der Waals surface area contributed by atoms with Crippen molar-refractivity contribution in [2.45, 2.75) is 26.2 Å². The summed E-state index contributed by atoms with van der Waals surface area (Å²) in [4.78, 5) is 6.49. The summed E-state index contributed by atoms with van der Waals surface area (Å²) in [5, 5.41) is 0. The fraction of sp³-hybridized carbons (Fsp3) is 0.583. The molecule has 14 heavy (non-hydrogen) atoms. The maximum atomic E-state index is 4.11. The van der Waals surface area contributed by atoms with E-state index in [9.17, 15) is 0 Å². The molecule has 0 atom stereocenters. The van der Waals surface area contributed by atoms with Crippen LogP contribution in [0, 0.1) is 0 Å². The molecule has 0 unspecified atom stereocenters. The van der Waals surface area contributed by atoms with Crippen molar-refractivity contribution in [2.24, 2.45) is 0 Å². The Labute approximate surface area is 87.0 Å². The van der Waals surface area contributed by atoms with E-state index in [1.807, 2.05) is 18.5 Å². The normalized spacial score (nSPS) is 10.8. The SMILES string of the molecule is CCCN(C)CCCc1cccnc1. The zero-order valence-corrected chi connectivity index (χ0v) is 9.24. The summed E-state index contributed by atoms with van der Waals surface area (Å²) >= 11 is 0. The molecule has 0 aromatic carbocycles. The zero-order valence-electron chi connectivity index (χ0n) is 9.24. The van der Waals surface area contributed by atoms with Crippen molar-refractivity contribution in [3.05, 3.63) is 30.1 Å². The van der Waals surface area contributed by atoms with E-state index in [2.05, 4.69) is 29.9 Å². The molecule has 0 spiro atoms. The number of hydrogen-bond acceptors (Lipinski definition) is 2. The van der Waals surface area contributed by atoms with Crippen LogP contribution in [0.1, 0.15) is 25.3 Å². The summed E-state index contributed by atoms with van der Waals surface area (Å²) in [5.74, 6) is 0. The van der Waals surface area contributed by atoms with E-state index in [1.165, 1.54) is 31.5 Å². The van der Waals surface area contributed by atoms with Gasteiger partial charge >= 0.3 is 0 Å². The highest BCUT2D eigenvalue weighted by atomic mass is 15.1. The molecule has 2 heteroatoms. The van der Waals surface area contributed by atoms with E-state index in [1.54, 1.807) is 0 Å². The lowest BCUT2D eigenvalue weighted by Crippen LogP contribution is -2.20. The van der Waals surface area contributed by atoms with Gasteiger partial charge in [-0.1, -0.05) is 13.0 Å². The number of aromatic nitrogens is 1. The lowest BCUT2D eigenvalue weighted by molar-refractivity contribution is 0.330. The van der Waals surface area contributed by atoms with Crippen LogP contribution in [-0.2, 0) is 6.42 Å². The first-order valence-corrected chi connectivity index (χ1v) is 5.40. The van der Waals surface area contributed by atoms with Gasteiger partial charge in [-0.2, -0.15) is 0 Å². The van der Waals surface area contributed by atoms with Crippen LogP contribution in [0.25, 0.3) is 0 Å². The summed E-state index contributed by atoms with van der Waals surface area (Å²) in [6, 6.07) is 4.15. The minimum atomic E-state index is 1.14. The third-order valence-corrected chi connectivity index (χ3v) is 2.33. The number of hydrogen-bond donors (Lipinski definition) is 0. The minimum Gasteiger partial charge on any atom is -0.306 e. The van der Waals surface area contributed by atoms with Crippen molar-refractivity contribution in [3.63, 3.8) is 0 Å². The van der Waals surface area contributed by atoms with Crippen molar-refractivity contribution in [1.82, 2.24) is 9.88 Å². The highest BCUT2D eigenvalue weighted by Crippen LogP contribution is 2.01. The van der Waals surface area contributed by atoms with Crippen LogP contribution in [0.5, 0.6) is 0 Å². The van der Waals surface area contributed by atoms with Gasteiger partial charge in [0.2, 0.25) is 0 Å². The van der Waals surface area contributed by atoms with Crippen molar-refractivity contribution < 1.29 is 0 Å². The molecule has 1 rings (SSSR count). The summed E-state index contributed by atoms with van der Waals surface area (Å²) < 4.78 is 0. The highest BCUT2D eigenvalue weighted by Gasteiger charge is 1.97. The van der Waals surface area contributed by atoms with Crippen LogP contribution in [0.3, 0.4) is 0 Å². The van der Waals surface area contributed by atoms with Crippen LogP contribution >= 0.6 is 0 Å². The zero-order chi connectivity index (χ0) is 10.2. The molecule has 78 valence electrons. The lowest BCUT2D eigenvalue weighted by Gasteiger charge is -2.14. The first-order chi connectivity index (χ1) is 6.83. The molecule has 0 bridgehead atoms. The molecule has 0 amide bonds. The standard InChI is InChI=1S/C12H20N2/c1-3-9-14(2)10-5-7-12-6-4-8-13-11-12/h4,6,8,11H,3,5,7,9-10H2,1-2H3. The molecule has 0 aliphatic heterocycles. The van der Waals surface area contributed by atoms with Crippen LogP contribution in [0.4, 0.5) is 0 Å². The average molecular weight is 192 g/mol. The molecule has 0 N–H and O–H groups in total. The van der Waals surface area contributed by atoms with Gasteiger partial charge in [-0.15, -0.1) is 0 Å². The van der Waals surface area contributed by atoms with E-state index in [-0.39, 0.29) is 0 Å². The van der Waals surface area contributed by atoms with E-state index in [0.717, 1.165) is 6.42 Å². The molecule has 0 fully saturated rings. The lowest BCUT2D eigenvalue weighted by atomic mass is 10.1. The Morgan fingerprint density at radius 1 is 1.36 bits per heavy atom. The Morgan fingerprint density at radius 3 is 2.86 bits per heavy atom. The average Bonchev–Trinajstić information content (AvgIpc) is 2.20. The predicted octanol–water partition coefficient (Wildman–Crippen LogP) is 2.36. The summed E-state index contributed by atoms with van der Waals surface area (Å²) in [6.07, 6.45) is 7.39. The molecule has 1 heterocycles. The fourth-order valence-electron chi connectivity index (χ4n) is 1.59. The molecule has 1 aromatic heterocycles. The fourth-order valence-corrected chi connectivity index (χ4v) is 1.59. The molecule has 0 radical (unpaired) electrons. The van der Waals surface area contributed by atoms with Crippen LogP contribution in [0.2, 0.25) is 0 Å². The van der Waals surface area contributed by atoms with Crippen LogP contribution in [-0.4, -0.2) is 30.0 Å². The Morgan fingerprint density at radius 2 is 2.21 bits per heavy atom. The highest BCUT2D eigenvalue weighted by molar-refractivity contribution is 5.08. The Bertz CT molecular complexity index is 233. The van der Waals surface area contributed by atoms with Gasteiger partial charge in [-0.3, -0.25) is 4.98 Å². The van der Waals surface area contributed by atoms with Gasteiger partial charge in [0.15, 0.2) is 0 Å². The van der Waals surface area contributed by atoms with Crippen molar-refractivity contribution in [3.8, 4) is 0 Å². The van der Waals surface area contributed by atoms with Crippen molar-refractivity contribution >= 4 is 0 Å². The second kappa shape index (κ2) is 6.55. The number of rotatable bonds is 6. The largest absolute Gasteiger partial charge is 0.306 e. The van der Waals surface area contributed by atoms with Gasteiger partial charge in [0.05, 0.1) is 0 Å². The third-order valence-electron chi connectivity index (χ3n) is 2.33. The first kappa shape index (κ1) is 11.2. The van der Waals surface area contributed by atoms with E-state index >= 15 is 0 Å². The van der Waals surface area contributed by atoms with E-state index in [4.69, 9.17) is 0 Å². The van der Waals surface area contributed by atoms with Crippen LogP contribution < -0.4 is 0 Å². The van der Waals surface area contributed by atoms with Crippen LogP contribution in [0.15, 0.2) is 24.5 Å². The smallest absolute Gasteiger partial charge is 0.0299 e. The molecule has 0 saturated heterocycles. The topological polar surface area (TPSA) is 16.1 Å². The Balaban J connectivity index is 2.16. The molecular formula is C12H20N2. The van der Waals surface area contributed by atoms with Crippen molar-refractivity contribution in [2.75, 3.05) is 20.1 Å². The monoisotopic (exact) mass is 192 g/mol. The van der Waals surface area contributed by atoms with Gasteiger partial charge in [0, 0.05) is 12.4 Å². The van der Waals surface area contributed by atoms with E-state index in [0.29, 0.717) is 0 Å². The third kappa shape index (κ3) is 4.38. The van der Waals surface area contributed by atoms with E-state index < -0.39 is 0 Å². The summed E-state index contributed by atoms with van der Waals surface area (Å²) in [5.41, 5.74) is 1.34. The molecule has 0 aliphatic rings. The maximum Gasteiger partial charge on any atom is 0.0299 e. The number of pyridine rings is 1.